The number of aromatic nitrogens is 4. The minimum Gasteiger partial charge on any atom is -0.315 e. The molecule has 0 aliphatic heterocycles. The van der Waals surface area contributed by atoms with E-state index in [0.717, 1.165) is 10.8 Å². The molecule has 0 aliphatic carbocycles. The van der Waals surface area contributed by atoms with Crippen molar-refractivity contribution in [2.75, 3.05) is 0 Å². The van der Waals surface area contributed by atoms with Crippen molar-refractivity contribution in [3.63, 3.8) is 0 Å². The first-order valence-electron chi connectivity index (χ1n) is 7.97. The van der Waals surface area contributed by atoms with E-state index in [4.69, 9.17) is 0 Å². The maximum absolute atomic E-state index is 12.3. The van der Waals surface area contributed by atoms with Crippen molar-refractivity contribution in [2.24, 2.45) is 19.2 Å². The van der Waals surface area contributed by atoms with Crippen LogP contribution in [0.2, 0.25) is 0 Å². The van der Waals surface area contributed by atoms with Crippen LogP contribution in [0.1, 0.15) is 5.56 Å². The van der Waals surface area contributed by atoms with E-state index in [9.17, 15) is 24.5 Å². The molecule has 0 spiro atoms. The molecule has 1 N–H and O–H groups in total. The van der Waals surface area contributed by atoms with E-state index in [1.165, 1.54) is 47.8 Å². The monoisotopic (exact) mass is 385 g/mol. The Labute approximate surface area is 156 Å². The molecule has 0 saturated carbocycles. The molecule has 0 radical (unpaired) electrons. The first-order valence-corrected chi connectivity index (χ1v) is 7.97. The molecule has 1 aromatic carbocycles. The van der Waals surface area contributed by atoms with Crippen molar-refractivity contribution >= 4 is 29.0 Å². The summed E-state index contributed by atoms with van der Waals surface area (Å²) in [7, 11) is 2.80. The van der Waals surface area contributed by atoms with E-state index >= 15 is 0 Å². The van der Waals surface area contributed by atoms with Crippen LogP contribution in [0.4, 0.5) is 5.69 Å². The zero-order valence-electron chi connectivity index (χ0n) is 14.9. The average molecular weight is 385 g/mol. The van der Waals surface area contributed by atoms with Gasteiger partial charge in [0.25, 0.3) is 17.2 Å². The van der Waals surface area contributed by atoms with Gasteiger partial charge < -0.3 is 4.57 Å². The number of amides is 1. The molecular formula is C16H15N7O5. The van der Waals surface area contributed by atoms with E-state index < -0.39 is 22.1 Å². The quantitative estimate of drug-likeness (QED) is 0.356. The summed E-state index contributed by atoms with van der Waals surface area (Å²) in [6, 6.07) is 5.93. The van der Waals surface area contributed by atoms with Crippen LogP contribution in [0.5, 0.6) is 0 Å². The second-order valence-electron chi connectivity index (χ2n) is 5.86. The van der Waals surface area contributed by atoms with E-state index in [1.807, 2.05) is 0 Å². The zero-order chi connectivity index (χ0) is 20.4. The summed E-state index contributed by atoms with van der Waals surface area (Å²) in [5.74, 6) is -0.579. The van der Waals surface area contributed by atoms with E-state index in [1.54, 1.807) is 6.07 Å². The predicted molar refractivity (Wildman–Crippen MR) is 99.0 cm³/mol. The molecule has 12 nitrogen and oxygen atoms in total. The van der Waals surface area contributed by atoms with Gasteiger partial charge in [0, 0.05) is 20.2 Å². The molecule has 0 aliphatic rings. The molecule has 2 aromatic heterocycles. The second kappa shape index (κ2) is 7.26. The SMILES string of the molecule is Cn1c(=O)c2c(ncn2CC(=O)NN=Cc2ccccc2[N+](=O)[O-])n(C)c1=O. The number of carbonyl (C=O) groups is 1. The van der Waals surface area contributed by atoms with Crippen LogP contribution in [0.3, 0.4) is 0 Å². The van der Waals surface area contributed by atoms with E-state index in [0.29, 0.717) is 0 Å². The Bertz CT molecular complexity index is 1230. The molecule has 1 amide bonds. The largest absolute Gasteiger partial charge is 0.332 e. The lowest BCUT2D eigenvalue weighted by Gasteiger charge is -2.06. The van der Waals surface area contributed by atoms with Crippen molar-refractivity contribution in [3.05, 3.63) is 67.1 Å². The van der Waals surface area contributed by atoms with Crippen molar-refractivity contribution in [1.29, 1.82) is 0 Å². The fourth-order valence-electron chi connectivity index (χ4n) is 2.64. The number of nitrogens with zero attached hydrogens (tertiary/aromatic N) is 6. The van der Waals surface area contributed by atoms with Crippen LogP contribution >= 0.6 is 0 Å². The number of fused-ring (bicyclic) bond motifs is 1. The number of nitro groups is 1. The van der Waals surface area contributed by atoms with Gasteiger partial charge in [0.15, 0.2) is 11.2 Å². The number of para-hydroxylation sites is 1. The van der Waals surface area contributed by atoms with Gasteiger partial charge in [0.1, 0.15) is 6.54 Å². The van der Waals surface area contributed by atoms with Gasteiger partial charge in [-0.3, -0.25) is 28.8 Å². The van der Waals surface area contributed by atoms with Crippen LogP contribution in [0.15, 0.2) is 45.3 Å². The number of hydrogen-bond donors (Lipinski definition) is 1. The third-order valence-corrected chi connectivity index (χ3v) is 4.06. The molecule has 0 fully saturated rings. The lowest BCUT2D eigenvalue weighted by Crippen LogP contribution is -2.38. The van der Waals surface area contributed by atoms with Gasteiger partial charge in [-0.2, -0.15) is 5.10 Å². The zero-order valence-corrected chi connectivity index (χ0v) is 14.9. The van der Waals surface area contributed by atoms with Gasteiger partial charge in [-0.1, -0.05) is 12.1 Å². The number of nitro benzene ring substituents is 1. The minimum absolute atomic E-state index is 0.0995. The molecule has 0 saturated heterocycles. The maximum Gasteiger partial charge on any atom is 0.332 e. The first-order chi connectivity index (χ1) is 13.3. The van der Waals surface area contributed by atoms with Gasteiger partial charge >= 0.3 is 5.69 Å². The normalized spacial score (nSPS) is 11.2. The van der Waals surface area contributed by atoms with Crippen molar-refractivity contribution in [1.82, 2.24) is 24.1 Å². The smallest absolute Gasteiger partial charge is 0.315 e. The molecule has 0 atom stereocenters. The van der Waals surface area contributed by atoms with Crippen LogP contribution < -0.4 is 16.7 Å². The maximum atomic E-state index is 12.3. The highest BCUT2D eigenvalue weighted by Crippen LogP contribution is 2.15. The molecule has 12 heteroatoms. The number of imidazole rings is 1. The van der Waals surface area contributed by atoms with E-state index in [2.05, 4.69) is 15.5 Å². The molecular weight excluding hydrogens is 370 g/mol. The Kier molecular flexibility index (Phi) is 4.85. The van der Waals surface area contributed by atoms with Crippen molar-refractivity contribution < 1.29 is 9.72 Å². The summed E-state index contributed by atoms with van der Waals surface area (Å²) in [4.78, 5) is 50.8. The van der Waals surface area contributed by atoms with Gasteiger partial charge in [0.05, 0.1) is 23.0 Å². The Balaban J connectivity index is 1.81. The molecule has 28 heavy (non-hydrogen) atoms. The van der Waals surface area contributed by atoms with Crippen molar-refractivity contribution in [3.8, 4) is 0 Å². The minimum atomic E-state index is -0.579. The predicted octanol–water partition coefficient (Wildman–Crippen LogP) is -0.508. The lowest BCUT2D eigenvalue weighted by molar-refractivity contribution is -0.385. The lowest BCUT2D eigenvalue weighted by atomic mass is 10.2. The summed E-state index contributed by atoms with van der Waals surface area (Å²) in [6.45, 7) is -0.280. The number of aryl methyl sites for hydroxylation is 1. The molecule has 144 valence electrons. The summed E-state index contributed by atoms with van der Waals surface area (Å²) < 4.78 is 3.43. The standard InChI is InChI=1S/C16H15N7O5/c1-20-14-13(15(25)21(2)16(20)26)22(9-17-14)8-12(24)19-18-7-10-5-3-4-6-11(10)23(27)28/h3-7,9H,8H2,1-2H3,(H,19,24). The topological polar surface area (TPSA) is 146 Å². The van der Waals surface area contributed by atoms with Crippen LogP contribution in [-0.2, 0) is 25.4 Å². The molecule has 3 rings (SSSR count). The summed E-state index contributed by atoms with van der Waals surface area (Å²) >= 11 is 0. The fourth-order valence-corrected chi connectivity index (χ4v) is 2.64. The van der Waals surface area contributed by atoms with Crippen molar-refractivity contribution in [2.45, 2.75) is 6.54 Å². The van der Waals surface area contributed by atoms with Gasteiger partial charge in [-0.05, 0) is 6.07 Å². The third kappa shape index (κ3) is 3.30. The molecule has 2 heterocycles. The number of benzene rings is 1. The average Bonchev–Trinajstić information content (AvgIpc) is 3.08. The van der Waals surface area contributed by atoms with Crippen LogP contribution in [0.25, 0.3) is 11.2 Å². The molecule has 0 bridgehead atoms. The Morgan fingerprint density at radius 3 is 2.71 bits per heavy atom. The van der Waals surface area contributed by atoms with Crippen LogP contribution in [-0.4, -0.2) is 35.7 Å². The van der Waals surface area contributed by atoms with Crippen LogP contribution in [0, 0.1) is 10.1 Å². The number of rotatable bonds is 5. The summed E-state index contributed by atoms with van der Waals surface area (Å²) in [6.07, 6.45) is 2.43. The Hall–Kier alpha value is -4.09. The number of hydrogen-bond acceptors (Lipinski definition) is 7. The number of carbonyl (C=O) groups excluding carboxylic acids is 1. The first kappa shape index (κ1) is 18.7. The van der Waals surface area contributed by atoms with Gasteiger partial charge in [-0.25, -0.2) is 15.2 Å². The Morgan fingerprint density at radius 1 is 1.29 bits per heavy atom. The molecule has 0 unspecified atom stereocenters. The highest BCUT2D eigenvalue weighted by molar-refractivity contribution is 5.86. The highest BCUT2D eigenvalue weighted by Gasteiger charge is 2.16. The third-order valence-electron chi connectivity index (χ3n) is 4.06. The fraction of sp³-hybridized carbons (Fsp3) is 0.188. The second-order valence-corrected chi connectivity index (χ2v) is 5.86. The highest BCUT2D eigenvalue weighted by atomic mass is 16.6. The Morgan fingerprint density at radius 2 is 2.00 bits per heavy atom. The summed E-state index contributed by atoms with van der Waals surface area (Å²) in [5.41, 5.74) is 1.47. The van der Waals surface area contributed by atoms with E-state index in [-0.39, 0.29) is 29.0 Å². The molecule has 3 aromatic rings. The van der Waals surface area contributed by atoms with Gasteiger partial charge in [-0.15, -0.1) is 0 Å². The number of hydrazone groups is 1. The van der Waals surface area contributed by atoms with Gasteiger partial charge in [0.2, 0.25) is 0 Å². The number of nitrogens with one attached hydrogen (secondary N) is 1. The summed E-state index contributed by atoms with van der Waals surface area (Å²) in [5, 5.41) is 14.7.